The van der Waals surface area contributed by atoms with Crippen LogP contribution >= 0.6 is 0 Å². The topological polar surface area (TPSA) is 46.3 Å². The van der Waals surface area contributed by atoms with E-state index in [1.807, 2.05) is 0 Å². The normalized spacial score (nSPS) is 10.6. The van der Waals surface area contributed by atoms with E-state index in [9.17, 15) is 13.6 Å². The lowest BCUT2D eigenvalue weighted by molar-refractivity contribution is 0.0562. The number of hydrogen-bond donors (Lipinski definition) is 1. The van der Waals surface area contributed by atoms with Crippen LogP contribution < -0.4 is 5.73 Å². The summed E-state index contributed by atoms with van der Waals surface area (Å²) in [6.45, 7) is 1.50. The van der Waals surface area contributed by atoms with Crippen LogP contribution in [0.1, 0.15) is 15.9 Å². The molecule has 0 spiro atoms. The van der Waals surface area contributed by atoms with Crippen molar-refractivity contribution in [1.29, 1.82) is 0 Å². The minimum atomic E-state index is -2.55. The molecule has 0 saturated heterocycles. The van der Waals surface area contributed by atoms with E-state index in [4.69, 9.17) is 5.73 Å². The quantitative estimate of drug-likeness (QED) is 0.853. The molecule has 1 aromatic rings. The Kier molecular flexibility index (Phi) is 5.03. The largest absolute Gasteiger partial charge is 0.332 e. The van der Waals surface area contributed by atoms with E-state index in [1.54, 1.807) is 31.2 Å². The monoisotopic (exact) mass is 242 g/mol. The lowest BCUT2D eigenvalue weighted by atomic mass is 10.1. The second-order valence-electron chi connectivity index (χ2n) is 3.75. The van der Waals surface area contributed by atoms with Crippen molar-refractivity contribution in [3.05, 3.63) is 35.4 Å². The van der Waals surface area contributed by atoms with Crippen molar-refractivity contribution >= 4 is 5.91 Å². The number of amides is 1. The zero-order valence-electron chi connectivity index (χ0n) is 9.70. The molecular weight excluding hydrogens is 226 g/mol. The first-order valence-electron chi connectivity index (χ1n) is 5.39. The van der Waals surface area contributed by atoms with Crippen LogP contribution in [0.4, 0.5) is 8.78 Å². The number of rotatable bonds is 5. The molecule has 0 aromatic heterocycles. The van der Waals surface area contributed by atoms with Gasteiger partial charge < -0.3 is 10.6 Å². The van der Waals surface area contributed by atoms with Gasteiger partial charge in [0.05, 0.1) is 6.54 Å². The highest BCUT2D eigenvalue weighted by Gasteiger charge is 2.19. The van der Waals surface area contributed by atoms with E-state index in [-0.39, 0.29) is 13.1 Å². The summed E-state index contributed by atoms with van der Waals surface area (Å²) < 4.78 is 24.7. The third-order valence-corrected chi connectivity index (χ3v) is 2.42. The third kappa shape index (κ3) is 3.78. The summed E-state index contributed by atoms with van der Waals surface area (Å²) in [6.07, 6.45) is -2.55. The van der Waals surface area contributed by atoms with Crippen LogP contribution in [0.25, 0.3) is 0 Å². The van der Waals surface area contributed by atoms with Crippen LogP contribution in [-0.4, -0.2) is 36.9 Å². The number of carbonyl (C=O) groups is 1. The summed E-state index contributed by atoms with van der Waals surface area (Å²) in [7, 11) is 0. The molecular formula is C12H16F2N2O. The van der Waals surface area contributed by atoms with Gasteiger partial charge in [-0.05, 0) is 18.6 Å². The van der Waals surface area contributed by atoms with Crippen molar-refractivity contribution < 1.29 is 13.6 Å². The van der Waals surface area contributed by atoms with E-state index in [1.165, 1.54) is 0 Å². The van der Waals surface area contributed by atoms with Crippen molar-refractivity contribution in [2.45, 2.75) is 13.3 Å². The number of nitrogens with two attached hydrogens (primary N) is 1. The average molecular weight is 242 g/mol. The summed E-state index contributed by atoms with van der Waals surface area (Å²) in [5, 5.41) is 0. The average Bonchev–Trinajstić information content (AvgIpc) is 2.28. The molecule has 0 bridgehead atoms. The summed E-state index contributed by atoms with van der Waals surface area (Å²) in [5.41, 5.74) is 6.54. The van der Waals surface area contributed by atoms with Crippen molar-refractivity contribution in [2.75, 3.05) is 19.6 Å². The molecule has 0 aliphatic carbocycles. The van der Waals surface area contributed by atoms with Crippen molar-refractivity contribution in [3.8, 4) is 0 Å². The van der Waals surface area contributed by atoms with Gasteiger partial charge in [0.2, 0.25) is 0 Å². The van der Waals surface area contributed by atoms with E-state index in [0.29, 0.717) is 5.56 Å². The summed E-state index contributed by atoms with van der Waals surface area (Å²) in [4.78, 5) is 13.1. The van der Waals surface area contributed by atoms with Crippen LogP contribution in [0, 0.1) is 6.92 Å². The number of benzene rings is 1. The minimum Gasteiger partial charge on any atom is -0.332 e. The van der Waals surface area contributed by atoms with Gasteiger partial charge in [0.1, 0.15) is 0 Å². The first-order valence-corrected chi connectivity index (χ1v) is 5.39. The van der Waals surface area contributed by atoms with E-state index in [2.05, 4.69) is 0 Å². The molecule has 2 N–H and O–H groups in total. The first kappa shape index (κ1) is 13.6. The van der Waals surface area contributed by atoms with Gasteiger partial charge in [-0.2, -0.15) is 0 Å². The fourth-order valence-corrected chi connectivity index (χ4v) is 1.58. The number of nitrogens with zero attached hydrogens (tertiary/aromatic N) is 1. The van der Waals surface area contributed by atoms with Gasteiger partial charge in [-0.3, -0.25) is 4.79 Å². The highest BCUT2D eigenvalue weighted by Crippen LogP contribution is 2.11. The third-order valence-electron chi connectivity index (χ3n) is 2.42. The van der Waals surface area contributed by atoms with Gasteiger partial charge in [0.25, 0.3) is 12.3 Å². The SMILES string of the molecule is Cc1ccccc1C(=O)N(CCN)CC(F)F. The summed E-state index contributed by atoms with van der Waals surface area (Å²) >= 11 is 0. The molecule has 0 aliphatic heterocycles. The number of halogens is 2. The molecule has 0 atom stereocenters. The number of hydrogen-bond acceptors (Lipinski definition) is 2. The number of aryl methyl sites for hydroxylation is 1. The fraction of sp³-hybridized carbons (Fsp3) is 0.417. The maximum atomic E-state index is 12.4. The second-order valence-corrected chi connectivity index (χ2v) is 3.75. The zero-order chi connectivity index (χ0) is 12.8. The maximum absolute atomic E-state index is 12.4. The summed E-state index contributed by atoms with van der Waals surface area (Å²) in [6, 6.07) is 6.92. The lowest BCUT2D eigenvalue weighted by Gasteiger charge is -2.22. The second kappa shape index (κ2) is 6.30. The molecule has 0 heterocycles. The van der Waals surface area contributed by atoms with Crippen LogP contribution in [0.2, 0.25) is 0 Å². The van der Waals surface area contributed by atoms with Crippen LogP contribution in [-0.2, 0) is 0 Å². The molecule has 0 radical (unpaired) electrons. The Morgan fingerprint density at radius 3 is 2.59 bits per heavy atom. The zero-order valence-corrected chi connectivity index (χ0v) is 9.70. The molecule has 0 unspecified atom stereocenters. The Morgan fingerprint density at radius 2 is 2.06 bits per heavy atom. The van der Waals surface area contributed by atoms with Crippen molar-refractivity contribution in [1.82, 2.24) is 4.90 Å². The molecule has 1 rings (SSSR count). The van der Waals surface area contributed by atoms with E-state index >= 15 is 0 Å². The van der Waals surface area contributed by atoms with E-state index < -0.39 is 18.9 Å². The van der Waals surface area contributed by atoms with Gasteiger partial charge in [-0.1, -0.05) is 18.2 Å². The Balaban J connectivity index is 2.88. The molecule has 1 aromatic carbocycles. The van der Waals surface area contributed by atoms with Crippen molar-refractivity contribution in [2.24, 2.45) is 5.73 Å². The Labute approximate surface area is 99.2 Å². The molecule has 0 fully saturated rings. The van der Waals surface area contributed by atoms with Crippen LogP contribution in [0.15, 0.2) is 24.3 Å². The molecule has 0 aliphatic rings. The maximum Gasteiger partial charge on any atom is 0.255 e. The molecule has 1 amide bonds. The highest BCUT2D eigenvalue weighted by atomic mass is 19.3. The van der Waals surface area contributed by atoms with Gasteiger partial charge in [0.15, 0.2) is 0 Å². The summed E-state index contributed by atoms with van der Waals surface area (Å²) in [5.74, 6) is -0.395. The van der Waals surface area contributed by atoms with Gasteiger partial charge in [-0.15, -0.1) is 0 Å². The Morgan fingerprint density at radius 1 is 1.41 bits per heavy atom. The molecule has 5 heteroatoms. The number of carbonyl (C=O) groups excluding carboxylic acids is 1. The molecule has 0 saturated carbocycles. The smallest absolute Gasteiger partial charge is 0.255 e. The lowest BCUT2D eigenvalue weighted by Crippen LogP contribution is -2.38. The van der Waals surface area contributed by atoms with Crippen LogP contribution in [0.5, 0.6) is 0 Å². The predicted molar refractivity (Wildman–Crippen MR) is 62.1 cm³/mol. The highest BCUT2D eigenvalue weighted by molar-refractivity contribution is 5.95. The molecule has 17 heavy (non-hydrogen) atoms. The fourth-order valence-electron chi connectivity index (χ4n) is 1.58. The van der Waals surface area contributed by atoms with Gasteiger partial charge >= 0.3 is 0 Å². The number of alkyl halides is 2. The van der Waals surface area contributed by atoms with Gasteiger partial charge in [-0.25, -0.2) is 8.78 Å². The standard InChI is InChI=1S/C12H16F2N2O/c1-9-4-2-3-5-10(9)12(17)16(7-6-15)8-11(13)14/h2-5,11H,6-8,15H2,1H3. The predicted octanol–water partition coefficient (Wildman–Crippen LogP) is 1.66. The first-order chi connectivity index (χ1) is 8.06. The Bertz CT molecular complexity index is 383. The van der Waals surface area contributed by atoms with E-state index in [0.717, 1.165) is 10.5 Å². The van der Waals surface area contributed by atoms with Gasteiger partial charge in [0, 0.05) is 18.7 Å². The molecule has 3 nitrogen and oxygen atoms in total. The minimum absolute atomic E-state index is 0.136. The van der Waals surface area contributed by atoms with Crippen LogP contribution in [0.3, 0.4) is 0 Å². The molecule has 94 valence electrons. The van der Waals surface area contributed by atoms with Crippen molar-refractivity contribution in [3.63, 3.8) is 0 Å². The Hall–Kier alpha value is -1.49.